The number of hydrogen-bond donors (Lipinski definition) is 0. The summed E-state index contributed by atoms with van der Waals surface area (Å²) in [6, 6.07) is 0. The molecule has 0 aromatic rings. The van der Waals surface area contributed by atoms with Gasteiger partial charge in [0.1, 0.15) is 0 Å². The number of unbranched alkanes of at least 4 members (excludes halogenated alkanes) is 2. The molecule has 0 N–H and O–H groups in total. The minimum Gasteiger partial charge on any atom is -0.408 e. The predicted octanol–water partition coefficient (Wildman–Crippen LogP) is 5.49. The van der Waals surface area contributed by atoms with Crippen molar-refractivity contribution in [1.82, 2.24) is 0 Å². The van der Waals surface area contributed by atoms with Crippen LogP contribution in [0.5, 0.6) is 0 Å². The van der Waals surface area contributed by atoms with Crippen LogP contribution in [0.2, 0.25) is 6.32 Å². The van der Waals surface area contributed by atoms with Crippen LogP contribution in [0.4, 0.5) is 0 Å². The summed E-state index contributed by atoms with van der Waals surface area (Å²) in [6.07, 6.45) is 11.6. The largest absolute Gasteiger partial charge is 0.485 e. The zero-order chi connectivity index (χ0) is 20.3. The van der Waals surface area contributed by atoms with Crippen molar-refractivity contribution in [1.29, 1.82) is 0 Å². The lowest BCUT2D eigenvalue weighted by atomic mass is 9.84. The lowest BCUT2D eigenvalue weighted by molar-refractivity contribution is 0.00578. The molecule has 0 saturated carbocycles. The van der Waals surface area contributed by atoms with Crippen molar-refractivity contribution in [2.75, 3.05) is 13.2 Å². The van der Waals surface area contributed by atoms with Crippen LogP contribution in [0.15, 0.2) is 24.2 Å². The van der Waals surface area contributed by atoms with Crippen molar-refractivity contribution >= 4 is 14.2 Å². The molecule has 1 unspecified atom stereocenters. The topological polar surface area (TPSA) is 36.9 Å². The molecule has 1 aliphatic heterocycles. The van der Waals surface area contributed by atoms with E-state index in [1.807, 2.05) is 5.98 Å². The highest BCUT2D eigenvalue weighted by molar-refractivity contribution is 6.50. The van der Waals surface area contributed by atoms with Gasteiger partial charge in [0.25, 0.3) is 0 Å². The van der Waals surface area contributed by atoms with E-state index in [0.717, 1.165) is 45.2 Å². The molecule has 1 fully saturated rings. The average Bonchev–Trinajstić information content (AvgIpc) is 2.79. The number of hydrogen-bond acceptors (Lipinski definition) is 4. The molecule has 0 aliphatic carbocycles. The standard InChI is InChI=1S/C21H40B2O4/c1-8-10-17-24-22(25-18-11-9-2)16-14-19(3)13-12-15-23-26-20(4,5)21(6,7)27-23/h12-14,16,19H,8-11,15,17-18H2,1-7H3/b13-12-,16-14-. The van der Waals surface area contributed by atoms with Crippen molar-refractivity contribution < 1.29 is 18.6 Å². The molecule has 0 aromatic carbocycles. The molecule has 0 radical (unpaired) electrons. The molecule has 0 spiro atoms. The summed E-state index contributed by atoms with van der Waals surface area (Å²) in [5.74, 6) is 2.34. The lowest BCUT2D eigenvalue weighted by Crippen LogP contribution is -2.41. The summed E-state index contributed by atoms with van der Waals surface area (Å²) in [5, 5.41) is 0. The van der Waals surface area contributed by atoms with Crippen LogP contribution in [0.25, 0.3) is 0 Å². The first kappa shape index (κ1) is 24.5. The van der Waals surface area contributed by atoms with Gasteiger partial charge in [0.2, 0.25) is 0 Å². The number of rotatable bonds is 13. The third-order valence-electron chi connectivity index (χ3n) is 5.20. The van der Waals surface area contributed by atoms with Crippen LogP contribution in [0, 0.1) is 5.92 Å². The second kappa shape index (κ2) is 12.1. The van der Waals surface area contributed by atoms with Crippen molar-refractivity contribution in [2.45, 2.75) is 91.7 Å². The van der Waals surface area contributed by atoms with Crippen molar-refractivity contribution in [3.8, 4) is 0 Å². The van der Waals surface area contributed by atoms with Gasteiger partial charge in [-0.2, -0.15) is 0 Å². The normalized spacial score (nSPS) is 20.0. The molecule has 27 heavy (non-hydrogen) atoms. The lowest BCUT2D eigenvalue weighted by Gasteiger charge is -2.32. The highest BCUT2D eigenvalue weighted by atomic mass is 16.7. The van der Waals surface area contributed by atoms with Gasteiger partial charge in [0.05, 0.1) is 11.2 Å². The maximum absolute atomic E-state index is 6.02. The van der Waals surface area contributed by atoms with Crippen molar-refractivity contribution in [3.63, 3.8) is 0 Å². The van der Waals surface area contributed by atoms with E-state index < -0.39 is 0 Å². The van der Waals surface area contributed by atoms with E-state index in [-0.39, 0.29) is 25.4 Å². The van der Waals surface area contributed by atoms with E-state index in [1.54, 1.807) is 0 Å². The molecule has 1 saturated heterocycles. The van der Waals surface area contributed by atoms with Gasteiger partial charge in [-0.3, -0.25) is 0 Å². The summed E-state index contributed by atoms with van der Waals surface area (Å²) < 4.78 is 23.7. The molecular weight excluding hydrogens is 338 g/mol. The average molecular weight is 378 g/mol. The van der Waals surface area contributed by atoms with E-state index in [1.165, 1.54) is 0 Å². The van der Waals surface area contributed by atoms with Gasteiger partial charge >= 0.3 is 14.2 Å². The minimum atomic E-state index is -0.268. The zero-order valence-electron chi connectivity index (χ0n) is 18.6. The minimum absolute atomic E-state index is 0.176. The molecule has 0 aromatic heterocycles. The third-order valence-corrected chi connectivity index (χ3v) is 5.20. The maximum Gasteiger partial charge on any atom is 0.485 e. The van der Waals surface area contributed by atoms with Crippen LogP contribution in [0.1, 0.15) is 74.1 Å². The van der Waals surface area contributed by atoms with Gasteiger partial charge in [0, 0.05) is 19.5 Å². The summed E-state index contributed by atoms with van der Waals surface area (Å²) >= 11 is 0. The van der Waals surface area contributed by atoms with Gasteiger partial charge in [-0.05, 0) is 46.5 Å². The smallest absolute Gasteiger partial charge is 0.408 e. The molecule has 1 atom stereocenters. The maximum atomic E-state index is 6.02. The summed E-state index contributed by atoms with van der Waals surface area (Å²) in [4.78, 5) is 0. The van der Waals surface area contributed by atoms with Gasteiger partial charge in [-0.15, -0.1) is 0 Å². The Balaban J connectivity index is 2.44. The van der Waals surface area contributed by atoms with E-state index >= 15 is 0 Å². The van der Waals surface area contributed by atoms with Gasteiger partial charge in [-0.1, -0.05) is 57.8 Å². The Morgan fingerprint density at radius 1 is 0.926 bits per heavy atom. The van der Waals surface area contributed by atoms with Crippen molar-refractivity contribution in [3.05, 3.63) is 24.2 Å². The molecule has 1 aliphatic rings. The molecule has 154 valence electrons. The Kier molecular flexibility index (Phi) is 11.0. The zero-order valence-corrected chi connectivity index (χ0v) is 18.6. The van der Waals surface area contributed by atoms with Crippen LogP contribution in [-0.2, 0) is 18.6 Å². The molecule has 4 nitrogen and oxygen atoms in total. The SMILES string of the molecule is CCCCOB(/C=C\C(C)/C=C\CB1OC(C)(C)C(C)(C)O1)OCCCC. The summed E-state index contributed by atoms with van der Waals surface area (Å²) in [6.45, 7) is 16.3. The van der Waals surface area contributed by atoms with E-state index in [2.05, 4.69) is 66.7 Å². The predicted molar refractivity (Wildman–Crippen MR) is 116 cm³/mol. The van der Waals surface area contributed by atoms with Crippen molar-refractivity contribution in [2.24, 2.45) is 5.92 Å². The summed E-state index contributed by atoms with van der Waals surface area (Å²) in [5.41, 5.74) is -0.536. The fraction of sp³-hybridized carbons (Fsp3) is 0.810. The highest BCUT2D eigenvalue weighted by Crippen LogP contribution is 2.37. The van der Waals surface area contributed by atoms with E-state index in [4.69, 9.17) is 18.6 Å². The van der Waals surface area contributed by atoms with Gasteiger partial charge in [-0.25, -0.2) is 0 Å². The van der Waals surface area contributed by atoms with Crippen LogP contribution in [-0.4, -0.2) is 38.7 Å². The second-order valence-corrected chi connectivity index (χ2v) is 8.41. The Morgan fingerprint density at radius 2 is 1.44 bits per heavy atom. The quantitative estimate of drug-likeness (QED) is 0.241. The second-order valence-electron chi connectivity index (χ2n) is 8.41. The van der Waals surface area contributed by atoms with Crippen LogP contribution >= 0.6 is 0 Å². The highest BCUT2D eigenvalue weighted by Gasteiger charge is 2.50. The molecule has 1 heterocycles. The fourth-order valence-electron chi connectivity index (χ4n) is 2.64. The molecule has 1 rings (SSSR count). The van der Waals surface area contributed by atoms with E-state index in [9.17, 15) is 0 Å². The van der Waals surface area contributed by atoms with Gasteiger partial charge in [0.15, 0.2) is 0 Å². The molecular formula is C21H40B2O4. The Morgan fingerprint density at radius 3 is 1.93 bits per heavy atom. The Hall–Kier alpha value is -0.550. The van der Waals surface area contributed by atoms with Gasteiger partial charge < -0.3 is 18.6 Å². The first-order valence-corrected chi connectivity index (χ1v) is 10.7. The molecule has 0 bridgehead atoms. The number of allylic oxidation sites excluding steroid dienone is 3. The fourth-order valence-corrected chi connectivity index (χ4v) is 2.64. The molecule has 0 amide bonds. The summed E-state index contributed by atoms with van der Waals surface area (Å²) in [7, 11) is -0.424. The van der Waals surface area contributed by atoms with E-state index in [0.29, 0.717) is 5.92 Å². The van der Waals surface area contributed by atoms with Crippen LogP contribution in [0.3, 0.4) is 0 Å². The van der Waals surface area contributed by atoms with Crippen LogP contribution < -0.4 is 0 Å². The molecule has 6 heteroatoms. The Bertz CT molecular complexity index is 437. The first-order valence-electron chi connectivity index (χ1n) is 10.7. The third kappa shape index (κ3) is 8.99. The Labute approximate surface area is 168 Å². The monoisotopic (exact) mass is 378 g/mol. The first-order chi connectivity index (χ1) is 12.7.